The molecule has 7 heteroatoms. The second kappa shape index (κ2) is 9.00. The first-order valence-electron chi connectivity index (χ1n) is 8.43. The Morgan fingerprint density at radius 2 is 1.81 bits per heavy atom. The third-order valence-electron chi connectivity index (χ3n) is 4.00. The van der Waals surface area contributed by atoms with E-state index >= 15 is 0 Å². The monoisotopic (exact) mass is 465 g/mol. The average Bonchev–Trinajstić information content (AvgIpc) is 3.15. The van der Waals surface area contributed by atoms with E-state index in [2.05, 4.69) is 38.5 Å². The molecule has 0 spiro atoms. The fraction of sp³-hybridized carbons (Fsp3) is 0.263. The zero-order valence-corrected chi connectivity index (χ0v) is 16.3. The molecule has 0 radical (unpaired) electrons. The molecule has 1 aliphatic heterocycles. The van der Waals surface area contributed by atoms with Gasteiger partial charge in [0.2, 0.25) is 0 Å². The zero-order valence-electron chi connectivity index (χ0n) is 14.1. The van der Waals surface area contributed by atoms with Crippen LogP contribution in [0, 0.1) is 3.57 Å². The quantitative estimate of drug-likeness (QED) is 0.588. The van der Waals surface area contributed by atoms with Crippen LogP contribution in [0.5, 0.6) is 0 Å². The highest BCUT2D eigenvalue weighted by atomic mass is 127. The van der Waals surface area contributed by atoms with Crippen molar-refractivity contribution in [1.29, 1.82) is 0 Å². The molecular weight excluding hydrogens is 445 g/mol. The van der Waals surface area contributed by atoms with Gasteiger partial charge in [-0.15, -0.1) is 0 Å². The Bertz CT molecular complexity index is 774. The summed E-state index contributed by atoms with van der Waals surface area (Å²) in [6, 6.07) is 14.1. The molecular formula is C19H20IN3O3. The van der Waals surface area contributed by atoms with Crippen LogP contribution in [0.1, 0.15) is 23.2 Å². The van der Waals surface area contributed by atoms with Crippen molar-refractivity contribution in [3.05, 3.63) is 57.7 Å². The summed E-state index contributed by atoms with van der Waals surface area (Å²) in [6.07, 6.45) is 2.14. The van der Waals surface area contributed by atoms with E-state index in [1.54, 1.807) is 30.3 Å². The highest BCUT2D eigenvalue weighted by Gasteiger charge is 2.16. The number of urea groups is 1. The molecule has 2 aromatic rings. The molecule has 2 aromatic carbocycles. The van der Waals surface area contributed by atoms with Gasteiger partial charge in [0.1, 0.15) is 0 Å². The molecule has 1 aliphatic rings. The predicted octanol–water partition coefficient (Wildman–Crippen LogP) is 3.84. The van der Waals surface area contributed by atoms with Crippen molar-refractivity contribution < 1.29 is 14.3 Å². The number of halogens is 1. The van der Waals surface area contributed by atoms with Crippen LogP contribution in [-0.2, 0) is 4.74 Å². The molecule has 26 heavy (non-hydrogen) atoms. The summed E-state index contributed by atoms with van der Waals surface area (Å²) in [5.74, 6) is -0.168. The highest BCUT2D eigenvalue weighted by Crippen LogP contribution is 2.16. The maximum atomic E-state index is 12.2. The number of anilines is 2. The van der Waals surface area contributed by atoms with Crippen molar-refractivity contribution >= 4 is 45.9 Å². The second-order valence-electron chi connectivity index (χ2n) is 6.01. The average molecular weight is 465 g/mol. The van der Waals surface area contributed by atoms with E-state index in [1.165, 1.54) is 0 Å². The van der Waals surface area contributed by atoms with Crippen LogP contribution in [0.4, 0.5) is 16.2 Å². The van der Waals surface area contributed by atoms with Crippen molar-refractivity contribution in [3.8, 4) is 0 Å². The number of amides is 3. The van der Waals surface area contributed by atoms with Gasteiger partial charge in [0.15, 0.2) is 0 Å². The van der Waals surface area contributed by atoms with Gasteiger partial charge in [0, 0.05) is 33.7 Å². The normalized spacial score (nSPS) is 16.1. The third kappa shape index (κ3) is 5.43. The van der Waals surface area contributed by atoms with Crippen molar-refractivity contribution in [2.24, 2.45) is 0 Å². The smallest absolute Gasteiger partial charge is 0.319 e. The van der Waals surface area contributed by atoms with E-state index in [9.17, 15) is 9.59 Å². The van der Waals surface area contributed by atoms with E-state index in [-0.39, 0.29) is 18.0 Å². The number of carbonyl (C=O) groups is 2. The molecule has 0 aromatic heterocycles. The first-order valence-corrected chi connectivity index (χ1v) is 9.51. The summed E-state index contributed by atoms with van der Waals surface area (Å²) in [4.78, 5) is 24.1. The lowest BCUT2D eigenvalue weighted by Crippen LogP contribution is -2.35. The van der Waals surface area contributed by atoms with Crippen LogP contribution in [0.2, 0.25) is 0 Å². The molecule has 136 valence electrons. The summed E-state index contributed by atoms with van der Waals surface area (Å²) in [5.41, 5.74) is 1.92. The maximum Gasteiger partial charge on any atom is 0.319 e. The Labute approximate surface area is 165 Å². The van der Waals surface area contributed by atoms with Crippen LogP contribution in [0.3, 0.4) is 0 Å². The number of ether oxygens (including phenoxy) is 1. The number of benzene rings is 2. The lowest BCUT2D eigenvalue weighted by atomic mass is 10.2. The largest absolute Gasteiger partial charge is 0.376 e. The summed E-state index contributed by atoms with van der Waals surface area (Å²) >= 11 is 2.17. The third-order valence-corrected chi connectivity index (χ3v) is 4.67. The minimum atomic E-state index is -0.267. The molecule has 0 bridgehead atoms. The first kappa shape index (κ1) is 18.7. The molecule has 1 unspecified atom stereocenters. The summed E-state index contributed by atoms with van der Waals surface area (Å²) < 4.78 is 6.47. The van der Waals surface area contributed by atoms with Gasteiger partial charge in [-0.1, -0.05) is 6.07 Å². The number of rotatable bonds is 5. The fourth-order valence-corrected chi connectivity index (χ4v) is 3.20. The van der Waals surface area contributed by atoms with Crippen molar-refractivity contribution in [3.63, 3.8) is 0 Å². The predicted molar refractivity (Wildman–Crippen MR) is 110 cm³/mol. The molecule has 1 saturated heterocycles. The van der Waals surface area contributed by atoms with E-state index in [0.717, 1.165) is 23.0 Å². The second-order valence-corrected chi connectivity index (χ2v) is 7.26. The Balaban J connectivity index is 1.49. The standard InChI is InChI=1S/C19H20IN3O3/c20-14-4-1-3-13(11-14)18(24)22-15-6-8-16(9-7-15)23-19(25)21-12-17-5-2-10-26-17/h1,3-4,6-9,11,17H,2,5,10,12H2,(H,22,24)(H2,21,23,25). The van der Waals surface area contributed by atoms with Crippen LogP contribution in [-0.4, -0.2) is 31.2 Å². The molecule has 3 N–H and O–H groups in total. The minimum absolute atomic E-state index is 0.111. The lowest BCUT2D eigenvalue weighted by molar-refractivity contribution is 0.102. The molecule has 6 nitrogen and oxygen atoms in total. The minimum Gasteiger partial charge on any atom is -0.376 e. The van der Waals surface area contributed by atoms with Crippen molar-refractivity contribution in [2.75, 3.05) is 23.8 Å². The van der Waals surface area contributed by atoms with Gasteiger partial charge >= 0.3 is 6.03 Å². The van der Waals surface area contributed by atoms with Gasteiger partial charge in [-0.3, -0.25) is 4.79 Å². The summed E-state index contributed by atoms with van der Waals surface area (Å²) in [7, 11) is 0. The SMILES string of the molecule is O=C(NCC1CCCO1)Nc1ccc(NC(=O)c2cccc(I)c2)cc1. The summed E-state index contributed by atoms with van der Waals surface area (Å²) in [5, 5.41) is 8.41. The van der Waals surface area contributed by atoms with Crippen LogP contribution < -0.4 is 16.0 Å². The van der Waals surface area contributed by atoms with Crippen LogP contribution in [0.25, 0.3) is 0 Å². The van der Waals surface area contributed by atoms with Crippen molar-refractivity contribution in [1.82, 2.24) is 5.32 Å². The molecule has 0 saturated carbocycles. The Morgan fingerprint density at radius 3 is 2.46 bits per heavy atom. The Morgan fingerprint density at radius 1 is 1.08 bits per heavy atom. The van der Waals surface area contributed by atoms with E-state index in [4.69, 9.17) is 4.74 Å². The van der Waals surface area contributed by atoms with E-state index in [0.29, 0.717) is 23.5 Å². The number of carbonyl (C=O) groups excluding carboxylic acids is 2. The van der Waals surface area contributed by atoms with Gasteiger partial charge in [-0.05, 0) is 77.9 Å². The number of hydrogen-bond donors (Lipinski definition) is 3. The number of nitrogens with one attached hydrogen (secondary N) is 3. The fourth-order valence-electron chi connectivity index (χ4n) is 2.66. The number of hydrogen-bond acceptors (Lipinski definition) is 3. The topological polar surface area (TPSA) is 79.5 Å². The molecule has 0 aliphatic carbocycles. The Hall–Kier alpha value is -2.13. The lowest BCUT2D eigenvalue weighted by Gasteiger charge is -2.12. The van der Waals surface area contributed by atoms with E-state index in [1.807, 2.05) is 18.2 Å². The van der Waals surface area contributed by atoms with Crippen LogP contribution in [0.15, 0.2) is 48.5 Å². The molecule has 3 rings (SSSR count). The van der Waals surface area contributed by atoms with Gasteiger partial charge in [0.25, 0.3) is 5.91 Å². The summed E-state index contributed by atoms with van der Waals surface area (Å²) in [6.45, 7) is 1.28. The first-order chi connectivity index (χ1) is 12.6. The highest BCUT2D eigenvalue weighted by molar-refractivity contribution is 14.1. The van der Waals surface area contributed by atoms with Gasteiger partial charge in [-0.25, -0.2) is 4.79 Å². The van der Waals surface area contributed by atoms with Gasteiger partial charge in [0.05, 0.1) is 6.10 Å². The zero-order chi connectivity index (χ0) is 18.4. The van der Waals surface area contributed by atoms with Gasteiger partial charge < -0.3 is 20.7 Å². The molecule has 3 amide bonds. The van der Waals surface area contributed by atoms with E-state index < -0.39 is 0 Å². The Kier molecular flexibility index (Phi) is 6.45. The van der Waals surface area contributed by atoms with Gasteiger partial charge in [-0.2, -0.15) is 0 Å². The molecule has 1 heterocycles. The van der Waals surface area contributed by atoms with Crippen molar-refractivity contribution in [2.45, 2.75) is 18.9 Å². The van der Waals surface area contributed by atoms with Crippen LogP contribution >= 0.6 is 22.6 Å². The maximum absolute atomic E-state index is 12.2. The molecule has 1 atom stereocenters. The molecule has 1 fully saturated rings.